The van der Waals surface area contributed by atoms with Crippen LogP contribution in [-0.4, -0.2) is 34.7 Å². The van der Waals surface area contributed by atoms with Gasteiger partial charge in [-0.15, -0.1) is 0 Å². The minimum atomic E-state index is -2.53. The molecular weight excluding hydrogens is 228 g/mol. The minimum Gasteiger partial charge on any atom is -0.396 e. The molecule has 0 aliphatic heterocycles. The number of hydrogen-bond donors (Lipinski definition) is 2. The topological polar surface area (TPSA) is 93.1 Å². The summed E-state index contributed by atoms with van der Waals surface area (Å²) in [6.07, 6.45) is 1.83. The standard InChI is InChI=1S/C11H16O6/c1-4-8(7-12)11(15,16-9(13)5-2)17-10(14)6-3/h5-6,8,12,15H,2-4,7H2,1H3. The monoisotopic (exact) mass is 244 g/mol. The molecule has 96 valence electrons. The van der Waals surface area contributed by atoms with Gasteiger partial charge >= 0.3 is 17.9 Å². The Bertz CT molecular complexity index is 283. The van der Waals surface area contributed by atoms with E-state index in [1.54, 1.807) is 6.92 Å². The lowest BCUT2D eigenvalue weighted by atomic mass is 10.1. The molecule has 17 heavy (non-hydrogen) atoms. The summed E-state index contributed by atoms with van der Waals surface area (Å²) in [6.45, 7) is 7.39. The Labute approximate surface area is 99.1 Å². The molecule has 0 aromatic heterocycles. The highest BCUT2D eigenvalue weighted by Gasteiger charge is 2.43. The van der Waals surface area contributed by atoms with E-state index in [1.165, 1.54) is 0 Å². The van der Waals surface area contributed by atoms with Crippen LogP contribution in [0.1, 0.15) is 13.3 Å². The van der Waals surface area contributed by atoms with E-state index in [9.17, 15) is 14.7 Å². The third-order valence-electron chi connectivity index (χ3n) is 2.06. The summed E-state index contributed by atoms with van der Waals surface area (Å²) < 4.78 is 9.10. The Morgan fingerprint density at radius 2 is 1.71 bits per heavy atom. The molecule has 0 heterocycles. The predicted octanol–water partition coefficient (Wildman–Crippen LogP) is 0.109. The van der Waals surface area contributed by atoms with Gasteiger partial charge in [-0.3, -0.25) is 0 Å². The Kier molecular flexibility index (Phi) is 6.16. The number of ether oxygens (including phenoxy) is 2. The van der Waals surface area contributed by atoms with E-state index in [0.29, 0.717) is 0 Å². The first-order valence-electron chi connectivity index (χ1n) is 4.97. The predicted molar refractivity (Wildman–Crippen MR) is 58.4 cm³/mol. The van der Waals surface area contributed by atoms with Gasteiger partial charge in [0.2, 0.25) is 0 Å². The van der Waals surface area contributed by atoms with E-state index in [2.05, 4.69) is 22.6 Å². The largest absolute Gasteiger partial charge is 0.396 e. The van der Waals surface area contributed by atoms with Gasteiger partial charge in [0.1, 0.15) is 0 Å². The Morgan fingerprint density at radius 1 is 1.29 bits per heavy atom. The van der Waals surface area contributed by atoms with Crippen molar-refractivity contribution in [1.82, 2.24) is 0 Å². The number of aliphatic hydroxyl groups excluding tert-OH is 1. The molecule has 0 spiro atoms. The van der Waals surface area contributed by atoms with Crippen LogP contribution in [0.5, 0.6) is 0 Å². The number of hydrogen-bond acceptors (Lipinski definition) is 6. The van der Waals surface area contributed by atoms with Crippen molar-refractivity contribution in [2.75, 3.05) is 6.61 Å². The molecule has 0 aromatic rings. The summed E-state index contributed by atoms with van der Waals surface area (Å²) in [6, 6.07) is 0. The molecule has 0 aliphatic rings. The molecule has 0 amide bonds. The first-order chi connectivity index (χ1) is 7.93. The van der Waals surface area contributed by atoms with Crippen LogP contribution in [0.4, 0.5) is 0 Å². The van der Waals surface area contributed by atoms with Crippen LogP contribution in [0.3, 0.4) is 0 Å². The fraction of sp³-hybridized carbons (Fsp3) is 0.455. The van der Waals surface area contributed by atoms with Crippen LogP contribution in [0.25, 0.3) is 0 Å². The summed E-state index contributed by atoms with van der Waals surface area (Å²) in [7, 11) is 0. The van der Waals surface area contributed by atoms with Crippen LogP contribution in [0.15, 0.2) is 25.3 Å². The molecule has 0 fully saturated rings. The lowest BCUT2D eigenvalue weighted by Gasteiger charge is -2.31. The molecule has 1 unspecified atom stereocenters. The van der Waals surface area contributed by atoms with Gasteiger partial charge in [-0.1, -0.05) is 20.1 Å². The average molecular weight is 244 g/mol. The zero-order valence-corrected chi connectivity index (χ0v) is 9.59. The third-order valence-corrected chi connectivity index (χ3v) is 2.06. The summed E-state index contributed by atoms with van der Waals surface area (Å²) in [5.74, 6) is -5.44. The summed E-state index contributed by atoms with van der Waals surface area (Å²) in [5, 5.41) is 19.0. The zero-order chi connectivity index (χ0) is 13.5. The average Bonchev–Trinajstić information content (AvgIpc) is 2.29. The maximum absolute atomic E-state index is 11.0. The molecule has 1 atom stereocenters. The number of esters is 2. The van der Waals surface area contributed by atoms with Crippen molar-refractivity contribution in [3.63, 3.8) is 0 Å². The second-order valence-electron chi connectivity index (χ2n) is 3.17. The lowest BCUT2D eigenvalue weighted by Crippen LogP contribution is -2.47. The highest BCUT2D eigenvalue weighted by Crippen LogP contribution is 2.24. The molecule has 0 saturated carbocycles. The van der Waals surface area contributed by atoms with Crippen molar-refractivity contribution in [3.8, 4) is 0 Å². The van der Waals surface area contributed by atoms with Gasteiger partial charge in [-0.2, -0.15) is 0 Å². The number of carbonyl (C=O) groups excluding carboxylic acids is 2. The van der Waals surface area contributed by atoms with Crippen molar-refractivity contribution in [3.05, 3.63) is 25.3 Å². The van der Waals surface area contributed by atoms with E-state index < -0.39 is 30.4 Å². The Hall–Kier alpha value is -1.66. The van der Waals surface area contributed by atoms with Gasteiger partial charge in [-0.05, 0) is 6.42 Å². The molecule has 2 N–H and O–H groups in total. The van der Waals surface area contributed by atoms with Crippen LogP contribution < -0.4 is 0 Å². The van der Waals surface area contributed by atoms with Gasteiger partial charge in [0, 0.05) is 12.2 Å². The highest BCUT2D eigenvalue weighted by molar-refractivity contribution is 5.83. The maximum Gasteiger partial charge on any atom is 0.378 e. The summed E-state index contributed by atoms with van der Waals surface area (Å²) in [4.78, 5) is 22.1. The van der Waals surface area contributed by atoms with E-state index in [0.717, 1.165) is 12.2 Å². The van der Waals surface area contributed by atoms with Crippen LogP contribution in [0, 0.1) is 5.92 Å². The first-order valence-corrected chi connectivity index (χ1v) is 4.97. The van der Waals surface area contributed by atoms with Crippen LogP contribution in [-0.2, 0) is 19.1 Å². The second-order valence-corrected chi connectivity index (χ2v) is 3.17. The quantitative estimate of drug-likeness (QED) is 0.375. The van der Waals surface area contributed by atoms with E-state index >= 15 is 0 Å². The highest BCUT2D eigenvalue weighted by atomic mass is 16.8. The number of aliphatic hydroxyl groups is 2. The summed E-state index contributed by atoms with van der Waals surface area (Å²) >= 11 is 0. The summed E-state index contributed by atoms with van der Waals surface area (Å²) in [5.41, 5.74) is 0. The molecule has 6 nitrogen and oxygen atoms in total. The SMILES string of the molecule is C=CC(=O)OC(O)(OC(=O)C=C)C(CC)CO. The Balaban J connectivity index is 5.02. The third kappa shape index (κ3) is 4.38. The number of carbonyl (C=O) groups is 2. The molecule has 0 aromatic carbocycles. The smallest absolute Gasteiger partial charge is 0.378 e. The van der Waals surface area contributed by atoms with Gasteiger partial charge in [-0.25, -0.2) is 9.59 Å². The minimum absolute atomic E-state index is 0.224. The lowest BCUT2D eigenvalue weighted by molar-refractivity contribution is -0.350. The normalized spacial score (nSPS) is 12.4. The molecule has 0 saturated heterocycles. The fourth-order valence-electron chi connectivity index (χ4n) is 1.06. The van der Waals surface area contributed by atoms with Crippen molar-refractivity contribution in [1.29, 1.82) is 0 Å². The number of rotatable bonds is 7. The molecule has 6 heteroatoms. The molecule has 0 radical (unpaired) electrons. The van der Waals surface area contributed by atoms with Gasteiger partial charge in [0.05, 0.1) is 12.5 Å². The maximum atomic E-state index is 11.0. The van der Waals surface area contributed by atoms with E-state index in [-0.39, 0.29) is 6.42 Å². The van der Waals surface area contributed by atoms with Crippen molar-refractivity contribution in [2.24, 2.45) is 5.92 Å². The van der Waals surface area contributed by atoms with Crippen molar-refractivity contribution >= 4 is 11.9 Å². The fourth-order valence-corrected chi connectivity index (χ4v) is 1.06. The molecular formula is C11H16O6. The first kappa shape index (κ1) is 15.3. The van der Waals surface area contributed by atoms with Crippen molar-refractivity contribution in [2.45, 2.75) is 19.3 Å². The van der Waals surface area contributed by atoms with E-state index in [4.69, 9.17) is 5.11 Å². The molecule has 0 aliphatic carbocycles. The second kappa shape index (κ2) is 6.82. The van der Waals surface area contributed by atoms with Gasteiger partial charge in [0.15, 0.2) is 0 Å². The van der Waals surface area contributed by atoms with E-state index in [1.807, 2.05) is 0 Å². The van der Waals surface area contributed by atoms with Crippen LogP contribution in [0.2, 0.25) is 0 Å². The van der Waals surface area contributed by atoms with Gasteiger partial charge in [0.25, 0.3) is 0 Å². The molecule has 0 bridgehead atoms. The van der Waals surface area contributed by atoms with Gasteiger partial charge < -0.3 is 19.7 Å². The van der Waals surface area contributed by atoms with Crippen LogP contribution >= 0.6 is 0 Å². The Morgan fingerprint density at radius 3 is 1.94 bits per heavy atom. The molecule has 0 rings (SSSR count). The zero-order valence-electron chi connectivity index (χ0n) is 9.59. The van der Waals surface area contributed by atoms with Crippen molar-refractivity contribution < 1.29 is 29.3 Å².